The van der Waals surface area contributed by atoms with Crippen LogP contribution in [0.4, 0.5) is 0 Å². The van der Waals surface area contributed by atoms with Gasteiger partial charge in [0.15, 0.2) is 0 Å². The summed E-state index contributed by atoms with van der Waals surface area (Å²) >= 11 is 0. The molecule has 2 aromatic rings. The lowest BCUT2D eigenvalue weighted by molar-refractivity contribution is -0.144. The minimum absolute atomic E-state index is 0.00834. The van der Waals surface area contributed by atoms with Gasteiger partial charge in [0.2, 0.25) is 0 Å². The van der Waals surface area contributed by atoms with Crippen LogP contribution in [0.2, 0.25) is 0 Å². The molecule has 1 saturated carbocycles. The van der Waals surface area contributed by atoms with E-state index in [1.807, 2.05) is 36.7 Å². The Morgan fingerprint density at radius 1 is 1.45 bits per heavy atom. The SMILES string of the molecule is CCOC(=O)C1CC1c1ccc(-n2cnc(C)c2)c(OC)c1. The predicted molar refractivity (Wildman–Crippen MR) is 82.3 cm³/mol. The second kappa shape index (κ2) is 5.83. The van der Waals surface area contributed by atoms with Crippen molar-refractivity contribution in [3.63, 3.8) is 0 Å². The first-order valence-corrected chi connectivity index (χ1v) is 7.49. The standard InChI is InChI=1S/C17H20N2O3/c1-4-22-17(20)14-8-13(14)12-5-6-15(16(7-12)21-3)19-9-11(2)18-10-19/h5-7,9-10,13-14H,4,8H2,1-3H3. The van der Waals surface area contributed by atoms with Crippen molar-refractivity contribution >= 4 is 5.97 Å². The molecule has 1 fully saturated rings. The maximum Gasteiger partial charge on any atom is 0.309 e. The van der Waals surface area contributed by atoms with Crippen molar-refractivity contribution < 1.29 is 14.3 Å². The summed E-state index contributed by atoms with van der Waals surface area (Å²) in [6.07, 6.45) is 4.58. The van der Waals surface area contributed by atoms with Crippen LogP contribution in [0.1, 0.15) is 30.5 Å². The van der Waals surface area contributed by atoms with Crippen molar-refractivity contribution in [3.05, 3.63) is 42.0 Å². The number of hydrogen-bond acceptors (Lipinski definition) is 4. The summed E-state index contributed by atoms with van der Waals surface area (Å²) in [4.78, 5) is 16.0. The zero-order valence-corrected chi connectivity index (χ0v) is 13.1. The van der Waals surface area contributed by atoms with Gasteiger partial charge in [-0.3, -0.25) is 4.79 Å². The van der Waals surface area contributed by atoms with Crippen molar-refractivity contribution in [2.24, 2.45) is 5.92 Å². The quantitative estimate of drug-likeness (QED) is 0.797. The molecule has 0 N–H and O–H groups in total. The van der Waals surface area contributed by atoms with Crippen LogP contribution >= 0.6 is 0 Å². The molecule has 0 bridgehead atoms. The number of carbonyl (C=O) groups excluding carboxylic acids is 1. The first-order valence-electron chi connectivity index (χ1n) is 7.49. The number of hydrogen-bond donors (Lipinski definition) is 0. The van der Waals surface area contributed by atoms with Crippen LogP contribution in [-0.2, 0) is 9.53 Å². The molecule has 3 rings (SSSR count). The summed E-state index contributed by atoms with van der Waals surface area (Å²) in [5.41, 5.74) is 3.02. The molecule has 1 heterocycles. The molecule has 0 amide bonds. The summed E-state index contributed by atoms with van der Waals surface area (Å²) in [5.74, 6) is 0.919. The van der Waals surface area contributed by atoms with Crippen LogP contribution in [0.25, 0.3) is 5.69 Å². The van der Waals surface area contributed by atoms with E-state index in [4.69, 9.17) is 9.47 Å². The zero-order valence-electron chi connectivity index (χ0n) is 13.1. The molecule has 0 saturated heterocycles. The predicted octanol–water partition coefficient (Wildman–Crippen LogP) is 2.86. The minimum Gasteiger partial charge on any atom is -0.495 e. The summed E-state index contributed by atoms with van der Waals surface area (Å²) in [5, 5.41) is 0. The molecule has 116 valence electrons. The number of carbonyl (C=O) groups is 1. The smallest absolute Gasteiger partial charge is 0.309 e. The third-order valence-corrected chi connectivity index (χ3v) is 4.00. The summed E-state index contributed by atoms with van der Waals surface area (Å²) in [6.45, 7) is 4.22. The van der Waals surface area contributed by atoms with Crippen LogP contribution < -0.4 is 4.74 Å². The van der Waals surface area contributed by atoms with E-state index >= 15 is 0 Å². The van der Waals surface area contributed by atoms with Gasteiger partial charge in [-0.1, -0.05) is 6.07 Å². The fourth-order valence-electron chi connectivity index (χ4n) is 2.76. The molecule has 1 aromatic carbocycles. The number of rotatable bonds is 5. The van der Waals surface area contributed by atoms with Gasteiger partial charge in [0.05, 0.1) is 37.3 Å². The van der Waals surface area contributed by atoms with E-state index in [1.165, 1.54) is 0 Å². The maximum absolute atomic E-state index is 11.8. The Bertz CT molecular complexity index is 693. The Morgan fingerprint density at radius 2 is 2.27 bits per heavy atom. The van der Waals surface area contributed by atoms with Gasteiger partial charge in [0.1, 0.15) is 5.75 Å². The Kier molecular flexibility index (Phi) is 3.88. The highest BCUT2D eigenvalue weighted by Crippen LogP contribution is 2.49. The average Bonchev–Trinajstić information content (AvgIpc) is 3.22. The highest BCUT2D eigenvalue weighted by molar-refractivity contribution is 5.77. The molecular weight excluding hydrogens is 280 g/mol. The highest BCUT2D eigenvalue weighted by Gasteiger charge is 2.45. The first-order chi connectivity index (χ1) is 10.6. The van der Waals surface area contributed by atoms with Gasteiger partial charge in [0, 0.05) is 6.20 Å². The number of esters is 1. The van der Waals surface area contributed by atoms with Crippen molar-refractivity contribution in [1.29, 1.82) is 0 Å². The second-order valence-corrected chi connectivity index (χ2v) is 5.55. The lowest BCUT2D eigenvalue weighted by atomic mass is 10.1. The van der Waals surface area contributed by atoms with Gasteiger partial charge >= 0.3 is 5.97 Å². The number of ether oxygens (including phenoxy) is 2. The molecule has 1 aliphatic rings. The minimum atomic E-state index is -0.0965. The topological polar surface area (TPSA) is 53.4 Å². The molecule has 2 unspecified atom stereocenters. The first kappa shape index (κ1) is 14.6. The fraction of sp³-hybridized carbons (Fsp3) is 0.412. The number of methoxy groups -OCH3 is 1. The van der Waals surface area contributed by atoms with Gasteiger partial charge in [0.25, 0.3) is 0 Å². The second-order valence-electron chi connectivity index (χ2n) is 5.55. The molecule has 5 nitrogen and oxygen atoms in total. The van der Waals surface area contributed by atoms with Gasteiger partial charge < -0.3 is 14.0 Å². The fourth-order valence-corrected chi connectivity index (χ4v) is 2.76. The van der Waals surface area contributed by atoms with E-state index in [-0.39, 0.29) is 17.8 Å². The van der Waals surface area contributed by atoms with E-state index in [9.17, 15) is 4.79 Å². The Labute approximate surface area is 129 Å². The molecule has 22 heavy (non-hydrogen) atoms. The van der Waals surface area contributed by atoms with Crippen LogP contribution in [-0.4, -0.2) is 29.2 Å². The number of imidazole rings is 1. The Hall–Kier alpha value is -2.30. The number of aromatic nitrogens is 2. The Balaban J connectivity index is 1.83. The van der Waals surface area contributed by atoms with Crippen LogP contribution in [0, 0.1) is 12.8 Å². The zero-order chi connectivity index (χ0) is 15.7. The molecule has 1 aromatic heterocycles. The van der Waals surface area contributed by atoms with Gasteiger partial charge in [-0.2, -0.15) is 0 Å². The van der Waals surface area contributed by atoms with Crippen LogP contribution in [0.3, 0.4) is 0 Å². The van der Waals surface area contributed by atoms with Crippen LogP contribution in [0.5, 0.6) is 5.75 Å². The van der Waals surface area contributed by atoms with Gasteiger partial charge in [-0.05, 0) is 43.9 Å². The van der Waals surface area contributed by atoms with E-state index < -0.39 is 0 Å². The van der Waals surface area contributed by atoms with E-state index in [1.54, 1.807) is 13.4 Å². The summed E-state index contributed by atoms with van der Waals surface area (Å²) < 4.78 is 12.5. The van der Waals surface area contributed by atoms with Gasteiger partial charge in [-0.25, -0.2) is 4.98 Å². The summed E-state index contributed by atoms with van der Waals surface area (Å²) in [6, 6.07) is 6.07. The van der Waals surface area contributed by atoms with E-state index in [0.29, 0.717) is 6.61 Å². The van der Waals surface area contributed by atoms with Crippen molar-refractivity contribution in [1.82, 2.24) is 9.55 Å². The maximum atomic E-state index is 11.8. The molecule has 2 atom stereocenters. The molecule has 5 heteroatoms. The number of benzene rings is 1. The average molecular weight is 300 g/mol. The number of nitrogens with zero attached hydrogens (tertiary/aromatic N) is 2. The monoisotopic (exact) mass is 300 g/mol. The normalized spacial score (nSPS) is 19.8. The molecule has 1 aliphatic carbocycles. The van der Waals surface area contributed by atoms with Crippen molar-refractivity contribution in [2.75, 3.05) is 13.7 Å². The largest absolute Gasteiger partial charge is 0.495 e. The third-order valence-electron chi connectivity index (χ3n) is 4.00. The molecule has 0 radical (unpaired) electrons. The van der Waals surface area contributed by atoms with Crippen molar-refractivity contribution in [2.45, 2.75) is 26.2 Å². The highest BCUT2D eigenvalue weighted by atomic mass is 16.5. The van der Waals surface area contributed by atoms with E-state index in [0.717, 1.165) is 29.1 Å². The number of aryl methyl sites for hydroxylation is 1. The molecule has 0 spiro atoms. The van der Waals surface area contributed by atoms with Crippen molar-refractivity contribution in [3.8, 4) is 11.4 Å². The summed E-state index contributed by atoms with van der Waals surface area (Å²) in [7, 11) is 1.65. The Morgan fingerprint density at radius 3 is 2.91 bits per heavy atom. The molecule has 0 aliphatic heterocycles. The van der Waals surface area contributed by atoms with E-state index in [2.05, 4.69) is 11.1 Å². The third kappa shape index (κ3) is 2.71. The molecular formula is C17H20N2O3. The lowest BCUT2D eigenvalue weighted by Crippen LogP contribution is -2.07. The lowest BCUT2D eigenvalue weighted by Gasteiger charge is -2.11. The van der Waals surface area contributed by atoms with Gasteiger partial charge in [-0.15, -0.1) is 0 Å². The van der Waals surface area contributed by atoms with Crippen LogP contribution in [0.15, 0.2) is 30.7 Å².